The summed E-state index contributed by atoms with van der Waals surface area (Å²) in [4.78, 5) is 2.20. The fraction of sp³-hybridized carbons (Fsp3) is 0.162. The Balaban J connectivity index is 0.00000520. The van der Waals surface area contributed by atoms with Gasteiger partial charge < -0.3 is 10.2 Å². The fourth-order valence-corrected chi connectivity index (χ4v) is 6.76. The molecule has 0 atom stereocenters. The minimum absolute atomic E-state index is 0. The minimum atomic E-state index is -4.69. The standard InChI is InChI=1S/C37H36N2O6S2.Na/c1-3-38(26-28-11-7-5-8-12-28)32-19-15-30(16-20-32)37(35-24-23-34(46-45-44-40)25-36(35)47(41,42)43)31-17-21-33(22-18-31)39(4-2)27-29-13-9-6-10-14-29;/h5-25H,3-4,26-27H2,1-2H3,(H-,40,41,42,43);/q;+1. The van der Waals surface area contributed by atoms with Gasteiger partial charge in [-0.25, -0.2) is 4.58 Å². The Morgan fingerprint density at radius 3 is 2.04 bits per heavy atom. The Hall–Kier alpha value is -3.29. The molecule has 0 saturated carbocycles. The van der Waals surface area contributed by atoms with Crippen LogP contribution in [-0.2, 0) is 32.6 Å². The van der Waals surface area contributed by atoms with Gasteiger partial charge >= 0.3 is 29.6 Å². The zero-order valence-electron chi connectivity index (χ0n) is 27.2. The summed E-state index contributed by atoms with van der Waals surface area (Å²) in [7, 11) is -4.69. The van der Waals surface area contributed by atoms with E-state index in [2.05, 4.69) is 57.0 Å². The van der Waals surface area contributed by atoms with Crippen molar-refractivity contribution in [2.24, 2.45) is 0 Å². The third-order valence-corrected chi connectivity index (χ3v) is 9.36. The Bertz CT molecular complexity index is 1890. The van der Waals surface area contributed by atoms with E-state index >= 15 is 0 Å². The Kier molecular flexibility index (Phi) is 14.0. The molecule has 0 saturated heterocycles. The van der Waals surface area contributed by atoms with E-state index in [9.17, 15) is 18.2 Å². The summed E-state index contributed by atoms with van der Waals surface area (Å²) >= 11 is 0.549. The van der Waals surface area contributed by atoms with E-state index in [0.29, 0.717) is 23.2 Å². The molecule has 5 rings (SSSR count). The molecule has 0 amide bonds. The van der Waals surface area contributed by atoms with Crippen LogP contribution in [0.15, 0.2) is 143 Å². The van der Waals surface area contributed by atoms with Gasteiger partial charge in [-0.15, -0.1) is 0 Å². The summed E-state index contributed by atoms with van der Waals surface area (Å²) in [6, 6.07) is 32.9. The van der Waals surface area contributed by atoms with Crippen LogP contribution < -0.4 is 39.7 Å². The third-order valence-electron chi connectivity index (χ3n) is 7.90. The first-order valence-corrected chi connectivity index (χ1v) is 17.4. The first-order chi connectivity index (χ1) is 22.8. The molecule has 4 aromatic rings. The smallest absolute Gasteiger partial charge is 0.691 e. The molecule has 0 radical (unpaired) electrons. The number of rotatable bonds is 13. The van der Waals surface area contributed by atoms with Crippen molar-refractivity contribution in [1.82, 2.24) is 0 Å². The minimum Gasteiger partial charge on any atom is -0.691 e. The van der Waals surface area contributed by atoms with E-state index in [4.69, 9.17) is 0 Å². The van der Waals surface area contributed by atoms with Crippen molar-refractivity contribution in [1.29, 1.82) is 0 Å². The van der Waals surface area contributed by atoms with Crippen LogP contribution >= 0.6 is 12.0 Å². The average molecular weight is 692 g/mol. The normalized spacial score (nSPS) is 12.5. The van der Waals surface area contributed by atoms with E-state index in [1.54, 1.807) is 12.1 Å². The average Bonchev–Trinajstić information content (AvgIpc) is 3.10. The molecule has 48 heavy (non-hydrogen) atoms. The van der Waals surface area contributed by atoms with E-state index in [0.717, 1.165) is 48.7 Å². The van der Waals surface area contributed by atoms with Crippen molar-refractivity contribution in [3.63, 3.8) is 0 Å². The van der Waals surface area contributed by atoms with Crippen LogP contribution in [0.25, 0.3) is 5.57 Å². The summed E-state index contributed by atoms with van der Waals surface area (Å²) < 4.78 is 42.5. The van der Waals surface area contributed by atoms with Gasteiger partial charge in [-0.1, -0.05) is 78.9 Å². The number of hydrogen-bond donors (Lipinski definition) is 1. The molecular formula is C37H36N2NaO6S2+. The second-order valence-electron chi connectivity index (χ2n) is 10.8. The SMILES string of the molecule is CCN(Cc1ccccc1)c1ccc(C(=C2C=CC(=[N+](CC)Cc3ccccc3)C=C2)c2ccc(SOO[O-])cc2S(=O)(=O)O)cc1.[Na+]. The number of allylic oxidation sites excluding steroid dienone is 5. The van der Waals surface area contributed by atoms with Gasteiger partial charge in [-0.2, -0.15) is 12.8 Å². The van der Waals surface area contributed by atoms with E-state index in [1.807, 2.05) is 85.0 Å². The summed E-state index contributed by atoms with van der Waals surface area (Å²) in [6.45, 7) is 7.29. The zero-order chi connectivity index (χ0) is 33.2. The molecule has 0 fully saturated rings. The quantitative estimate of drug-likeness (QED) is 0.0565. The van der Waals surface area contributed by atoms with Crippen LogP contribution in [0.5, 0.6) is 0 Å². The van der Waals surface area contributed by atoms with Crippen LogP contribution in [0.2, 0.25) is 0 Å². The molecule has 0 unspecified atom stereocenters. The summed E-state index contributed by atoms with van der Waals surface area (Å²) in [5, 5.41) is 13.8. The Labute approximate surface area is 308 Å². The fourth-order valence-electron chi connectivity index (χ4n) is 5.56. The van der Waals surface area contributed by atoms with Gasteiger partial charge in [0.25, 0.3) is 10.1 Å². The first-order valence-electron chi connectivity index (χ1n) is 15.2. The van der Waals surface area contributed by atoms with Crippen molar-refractivity contribution in [3.05, 3.63) is 155 Å². The van der Waals surface area contributed by atoms with Crippen molar-refractivity contribution < 1.29 is 61.7 Å². The predicted molar refractivity (Wildman–Crippen MR) is 184 cm³/mol. The van der Waals surface area contributed by atoms with E-state index < -0.39 is 10.1 Å². The predicted octanol–water partition coefficient (Wildman–Crippen LogP) is 3.80. The largest absolute Gasteiger partial charge is 1.00 e. The number of benzene rings is 4. The van der Waals surface area contributed by atoms with Gasteiger partial charge in [0, 0.05) is 47.0 Å². The molecule has 1 aliphatic rings. The van der Waals surface area contributed by atoms with Crippen LogP contribution in [0.1, 0.15) is 36.1 Å². The molecule has 8 nitrogen and oxygen atoms in total. The molecule has 4 aromatic carbocycles. The van der Waals surface area contributed by atoms with Gasteiger partial charge in [0.15, 0.2) is 12.3 Å². The molecule has 0 heterocycles. The van der Waals surface area contributed by atoms with E-state index in [1.165, 1.54) is 17.2 Å². The molecular weight excluding hydrogens is 656 g/mol. The van der Waals surface area contributed by atoms with Gasteiger partial charge in [0.2, 0.25) is 0 Å². The van der Waals surface area contributed by atoms with Crippen molar-refractivity contribution in [2.45, 2.75) is 36.7 Å². The maximum Gasteiger partial charge on any atom is 1.00 e. The van der Waals surface area contributed by atoms with Gasteiger partial charge in [-0.05, 0) is 72.5 Å². The van der Waals surface area contributed by atoms with Crippen LogP contribution in [0, 0.1) is 0 Å². The van der Waals surface area contributed by atoms with Crippen molar-refractivity contribution in [2.75, 3.05) is 18.0 Å². The van der Waals surface area contributed by atoms with Gasteiger partial charge in [-0.3, -0.25) is 9.59 Å². The first kappa shape index (κ1) is 37.5. The summed E-state index contributed by atoms with van der Waals surface area (Å²) in [6.07, 6.45) is 7.97. The number of hydrogen-bond acceptors (Lipinski definition) is 7. The van der Waals surface area contributed by atoms with Crippen LogP contribution in [0.3, 0.4) is 0 Å². The summed E-state index contributed by atoms with van der Waals surface area (Å²) in [5.41, 5.74) is 6.87. The van der Waals surface area contributed by atoms with Gasteiger partial charge in [0.05, 0.1) is 12.0 Å². The Morgan fingerprint density at radius 1 is 0.854 bits per heavy atom. The monoisotopic (exact) mass is 691 g/mol. The second kappa shape index (κ2) is 17.9. The van der Waals surface area contributed by atoms with Crippen molar-refractivity contribution >= 4 is 39.1 Å². The Morgan fingerprint density at radius 2 is 1.48 bits per heavy atom. The van der Waals surface area contributed by atoms with Crippen molar-refractivity contribution in [3.8, 4) is 0 Å². The molecule has 0 aliphatic heterocycles. The molecule has 1 aliphatic carbocycles. The third kappa shape index (κ3) is 9.66. The molecule has 1 N–H and O–H groups in total. The molecule has 242 valence electrons. The molecule has 0 aromatic heterocycles. The van der Waals surface area contributed by atoms with E-state index in [-0.39, 0.29) is 39.3 Å². The second-order valence-corrected chi connectivity index (χ2v) is 13.0. The van der Waals surface area contributed by atoms with Crippen LogP contribution in [-0.4, -0.2) is 36.3 Å². The molecule has 0 spiro atoms. The van der Waals surface area contributed by atoms with Gasteiger partial charge in [0.1, 0.15) is 11.4 Å². The molecule has 11 heteroatoms. The molecule has 0 bridgehead atoms. The maximum absolute atomic E-state index is 12.7. The number of anilines is 1. The summed E-state index contributed by atoms with van der Waals surface area (Å²) in [5.74, 6) is 0. The topological polar surface area (TPSA) is 102 Å². The van der Waals surface area contributed by atoms with Crippen LogP contribution in [0.4, 0.5) is 5.69 Å². The zero-order valence-corrected chi connectivity index (χ0v) is 30.8. The maximum atomic E-state index is 12.7. The number of nitrogens with zero attached hydrogens (tertiary/aromatic N) is 2.